The first-order valence-electron chi connectivity index (χ1n) is 9.24. The molecule has 0 unspecified atom stereocenters. The third-order valence-electron chi connectivity index (χ3n) is 4.57. The third kappa shape index (κ3) is 4.06. The number of aromatic nitrogens is 2. The van der Waals surface area contributed by atoms with E-state index in [-0.39, 0.29) is 30.3 Å². The molecule has 2 aromatic heterocycles. The van der Waals surface area contributed by atoms with Gasteiger partial charge in [0.2, 0.25) is 0 Å². The fraction of sp³-hybridized carbons (Fsp3) is 0.136. The lowest BCUT2D eigenvalue weighted by Gasteiger charge is -2.08. The first-order valence-corrected chi connectivity index (χ1v) is 9.62. The lowest BCUT2D eigenvalue weighted by atomic mass is 10.1. The Bertz CT molecular complexity index is 1260. The Morgan fingerprint density at radius 1 is 1.17 bits per heavy atom. The van der Waals surface area contributed by atoms with E-state index in [0.717, 1.165) is 10.9 Å². The van der Waals surface area contributed by atoms with Crippen LogP contribution in [-0.4, -0.2) is 29.3 Å². The number of carbonyl (C=O) groups excluding carboxylic acids is 1. The molecule has 0 fully saturated rings. The summed E-state index contributed by atoms with van der Waals surface area (Å²) in [4.78, 5) is 24.6. The van der Waals surface area contributed by atoms with Crippen molar-refractivity contribution in [1.82, 2.24) is 15.1 Å². The van der Waals surface area contributed by atoms with Crippen LogP contribution < -0.4 is 15.6 Å². The van der Waals surface area contributed by atoms with Crippen molar-refractivity contribution in [3.05, 3.63) is 81.8 Å². The Morgan fingerprint density at radius 2 is 1.97 bits per heavy atom. The van der Waals surface area contributed by atoms with Crippen LogP contribution in [0.5, 0.6) is 5.75 Å². The number of furan rings is 1. The minimum Gasteiger partial charge on any atom is -0.493 e. The maximum atomic E-state index is 12.4. The number of nitrogens with zero attached hydrogens (tertiary/aromatic N) is 2. The van der Waals surface area contributed by atoms with Gasteiger partial charge in [-0.3, -0.25) is 9.59 Å². The number of methoxy groups -OCH3 is 1. The molecule has 2 aromatic carbocycles. The lowest BCUT2D eigenvalue weighted by molar-refractivity contribution is 0.0926. The molecule has 152 valence electrons. The van der Waals surface area contributed by atoms with E-state index < -0.39 is 0 Å². The molecule has 30 heavy (non-hydrogen) atoms. The number of rotatable bonds is 6. The van der Waals surface area contributed by atoms with E-state index >= 15 is 0 Å². The fourth-order valence-corrected chi connectivity index (χ4v) is 3.18. The molecule has 2 heterocycles. The minimum atomic E-state index is -0.379. The predicted molar refractivity (Wildman–Crippen MR) is 114 cm³/mol. The zero-order valence-electron chi connectivity index (χ0n) is 16.1. The lowest BCUT2D eigenvalue weighted by Crippen LogP contribution is -2.31. The van der Waals surface area contributed by atoms with Gasteiger partial charge in [-0.1, -0.05) is 35.9 Å². The zero-order chi connectivity index (χ0) is 21.1. The van der Waals surface area contributed by atoms with Gasteiger partial charge in [-0.05, 0) is 30.3 Å². The minimum absolute atomic E-state index is 0.171. The van der Waals surface area contributed by atoms with Crippen LogP contribution in [0, 0.1) is 0 Å². The average Bonchev–Trinajstić information content (AvgIpc) is 3.20. The molecule has 0 aliphatic heterocycles. The number of carbonyl (C=O) groups is 1. The second-order valence-corrected chi connectivity index (χ2v) is 6.97. The van der Waals surface area contributed by atoms with Gasteiger partial charge in [0.05, 0.1) is 19.3 Å². The summed E-state index contributed by atoms with van der Waals surface area (Å²) in [6.45, 7) is 0.430. The van der Waals surface area contributed by atoms with E-state index in [9.17, 15) is 9.59 Å². The molecule has 0 spiro atoms. The van der Waals surface area contributed by atoms with E-state index in [2.05, 4.69) is 10.4 Å². The van der Waals surface area contributed by atoms with Gasteiger partial charge in [-0.15, -0.1) is 0 Å². The Balaban J connectivity index is 1.45. The van der Waals surface area contributed by atoms with Crippen LogP contribution in [-0.2, 0) is 6.54 Å². The summed E-state index contributed by atoms with van der Waals surface area (Å²) in [6, 6.07) is 17.4. The van der Waals surface area contributed by atoms with Gasteiger partial charge in [0.1, 0.15) is 0 Å². The molecule has 0 saturated heterocycles. The van der Waals surface area contributed by atoms with Crippen LogP contribution in [0.15, 0.2) is 69.9 Å². The molecule has 8 heteroatoms. The number of para-hydroxylation sites is 1. The molecule has 0 saturated carbocycles. The Labute approximate surface area is 176 Å². The first-order chi connectivity index (χ1) is 14.5. The van der Waals surface area contributed by atoms with E-state index in [1.165, 1.54) is 10.7 Å². The normalized spacial score (nSPS) is 10.9. The highest BCUT2D eigenvalue weighted by Crippen LogP contribution is 2.28. The highest BCUT2D eigenvalue weighted by atomic mass is 35.5. The Morgan fingerprint density at radius 3 is 2.73 bits per heavy atom. The first kappa shape index (κ1) is 19.7. The van der Waals surface area contributed by atoms with Gasteiger partial charge in [-0.25, -0.2) is 4.68 Å². The second kappa shape index (κ2) is 8.42. The molecule has 0 aliphatic rings. The number of hydrogen-bond donors (Lipinski definition) is 1. The van der Waals surface area contributed by atoms with Crippen molar-refractivity contribution >= 4 is 28.5 Å². The summed E-state index contributed by atoms with van der Waals surface area (Å²) < 4.78 is 12.2. The van der Waals surface area contributed by atoms with Crippen LogP contribution in [0.4, 0.5) is 0 Å². The summed E-state index contributed by atoms with van der Waals surface area (Å²) in [5.41, 5.74) is 1.74. The summed E-state index contributed by atoms with van der Waals surface area (Å²) >= 11 is 5.92. The maximum Gasteiger partial charge on any atom is 0.287 e. The molecule has 0 atom stereocenters. The third-order valence-corrected chi connectivity index (χ3v) is 4.82. The number of nitrogens with one attached hydrogen (secondary N) is 1. The van der Waals surface area contributed by atoms with Crippen molar-refractivity contribution in [2.45, 2.75) is 6.54 Å². The van der Waals surface area contributed by atoms with Gasteiger partial charge in [0.15, 0.2) is 17.1 Å². The predicted octanol–water partition coefficient (Wildman–Crippen LogP) is 3.75. The molecule has 1 amide bonds. The number of fused-ring (bicyclic) bond motifs is 1. The van der Waals surface area contributed by atoms with Crippen molar-refractivity contribution in [2.24, 2.45) is 0 Å². The molecule has 0 bridgehead atoms. The topological polar surface area (TPSA) is 86.4 Å². The number of amides is 1. The number of hydrogen-bond acceptors (Lipinski definition) is 5. The summed E-state index contributed by atoms with van der Waals surface area (Å²) in [6.07, 6.45) is 0. The molecular weight excluding hydrogens is 406 g/mol. The fourth-order valence-electron chi connectivity index (χ4n) is 3.06. The zero-order valence-corrected chi connectivity index (χ0v) is 16.8. The molecular formula is C22H18ClN3O4. The van der Waals surface area contributed by atoms with Gasteiger partial charge in [0, 0.05) is 28.6 Å². The molecule has 0 radical (unpaired) electrons. The summed E-state index contributed by atoms with van der Waals surface area (Å²) in [5.74, 6) is 0.348. The van der Waals surface area contributed by atoms with Crippen LogP contribution in [0.2, 0.25) is 5.02 Å². The Hall–Kier alpha value is -3.58. The molecule has 0 aliphatic carbocycles. The smallest absolute Gasteiger partial charge is 0.287 e. The number of ether oxygens (including phenoxy) is 1. The monoisotopic (exact) mass is 423 g/mol. The Kier molecular flexibility index (Phi) is 5.54. The van der Waals surface area contributed by atoms with E-state index in [0.29, 0.717) is 22.0 Å². The standard InChI is InChI=1S/C22H18ClN3O4/c1-29-18-4-2-3-15-13-19(30-21(15)18)22(28)24-11-12-26-20(27)10-9-17(25-26)14-5-7-16(23)8-6-14/h2-10,13H,11-12H2,1H3,(H,24,28). The molecule has 1 N–H and O–H groups in total. The van der Waals surface area contributed by atoms with Gasteiger partial charge < -0.3 is 14.5 Å². The average molecular weight is 424 g/mol. The molecule has 7 nitrogen and oxygen atoms in total. The van der Waals surface area contributed by atoms with Crippen molar-refractivity contribution in [1.29, 1.82) is 0 Å². The van der Waals surface area contributed by atoms with Crippen molar-refractivity contribution in [3.8, 4) is 17.0 Å². The molecule has 4 aromatic rings. The van der Waals surface area contributed by atoms with Gasteiger partial charge in [-0.2, -0.15) is 5.10 Å². The van der Waals surface area contributed by atoms with Gasteiger partial charge in [0.25, 0.3) is 11.5 Å². The van der Waals surface area contributed by atoms with E-state index in [1.54, 1.807) is 37.4 Å². The van der Waals surface area contributed by atoms with Crippen molar-refractivity contribution in [2.75, 3.05) is 13.7 Å². The van der Waals surface area contributed by atoms with E-state index in [1.807, 2.05) is 24.3 Å². The highest BCUT2D eigenvalue weighted by Gasteiger charge is 2.14. The summed E-state index contributed by atoms with van der Waals surface area (Å²) in [7, 11) is 1.54. The maximum absolute atomic E-state index is 12.4. The SMILES string of the molecule is COc1cccc2cc(C(=O)NCCn3nc(-c4ccc(Cl)cc4)ccc3=O)oc12. The number of benzene rings is 2. The summed E-state index contributed by atoms with van der Waals surface area (Å²) in [5, 5.41) is 8.51. The second-order valence-electron chi connectivity index (χ2n) is 6.53. The van der Waals surface area contributed by atoms with E-state index in [4.69, 9.17) is 20.8 Å². The van der Waals surface area contributed by atoms with Crippen LogP contribution in [0.3, 0.4) is 0 Å². The van der Waals surface area contributed by atoms with Crippen molar-refractivity contribution < 1.29 is 13.9 Å². The van der Waals surface area contributed by atoms with Crippen LogP contribution >= 0.6 is 11.6 Å². The largest absolute Gasteiger partial charge is 0.493 e. The van der Waals surface area contributed by atoms with Crippen LogP contribution in [0.1, 0.15) is 10.6 Å². The van der Waals surface area contributed by atoms with Crippen LogP contribution in [0.25, 0.3) is 22.2 Å². The number of halogens is 1. The van der Waals surface area contributed by atoms with Crippen molar-refractivity contribution in [3.63, 3.8) is 0 Å². The quantitative estimate of drug-likeness (QED) is 0.510. The van der Waals surface area contributed by atoms with Gasteiger partial charge >= 0.3 is 0 Å². The molecule has 4 rings (SSSR count). The highest BCUT2D eigenvalue weighted by molar-refractivity contribution is 6.30.